The summed E-state index contributed by atoms with van der Waals surface area (Å²) in [5.74, 6) is 1.04. The van der Waals surface area contributed by atoms with E-state index in [-0.39, 0.29) is 5.41 Å². The van der Waals surface area contributed by atoms with Crippen LogP contribution in [0.3, 0.4) is 0 Å². The summed E-state index contributed by atoms with van der Waals surface area (Å²) in [7, 11) is 0. The number of rotatable bonds is 4. The third-order valence-electron chi connectivity index (χ3n) is 15.3. The summed E-state index contributed by atoms with van der Waals surface area (Å²) in [4.78, 5) is 11.1. The highest BCUT2D eigenvalue weighted by Gasteiger charge is 2.53. The van der Waals surface area contributed by atoms with Crippen molar-refractivity contribution in [3.8, 4) is 33.4 Å². The van der Waals surface area contributed by atoms with E-state index in [1.807, 2.05) is 0 Å². The van der Waals surface area contributed by atoms with Crippen LogP contribution >= 0.6 is 0 Å². The van der Waals surface area contributed by atoms with Gasteiger partial charge in [0, 0.05) is 39.4 Å². The molecule has 2 heteroatoms. The molecule has 0 aliphatic heterocycles. The van der Waals surface area contributed by atoms with Crippen LogP contribution in [0.25, 0.3) is 55.2 Å². The number of nitrogens with zero attached hydrogens (tertiary/aromatic N) is 2. The number of aromatic nitrogens is 2. The van der Waals surface area contributed by atoms with Gasteiger partial charge in [-0.15, -0.1) is 0 Å². The SMILES string of the molecule is CC1(C)c2ccccc2C2(c3ccccc3-c3ccc(-c4cccc(-c5cc(C6CCCCC6)nc6c5ccc5ccc(C7CCCCC7)nc56)c4)cc32)c2ccccc21. The Balaban J connectivity index is 1.05. The van der Waals surface area contributed by atoms with Gasteiger partial charge in [0.05, 0.1) is 16.4 Å². The molecule has 0 bridgehead atoms. The summed E-state index contributed by atoms with van der Waals surface area (Å²) in [6.07, 6.45) is 12.8. The fourth-order valence-corrected chi connectivity index (χ4v) is 12.3. The minimum Gasteiger partial charge on any atom is -0.250 e. The zero-order chi connectivity index (χ0) is 40.0. The molecule has 0 amide bonds. The Morgan fingerprint density at radius 3 is 1.68 bits per heavy atom. The molecule has 1 spiro atoms. The summed E-state index contributed by atoms with van der Waals surface area (Å²) < 4.78 is 0. The molecule has 0 atom stereocenters. The first-order valence-electron chi connectivity index (χ1n) is 22.8. The van der Waals surface area contributed by atoms with E-state index in [4.69, 9.17) is 9.97 Å². The van der Waals surface area contributed by atoms with Crippen LogP contribution in [-0.4, -0.2) is 9.97 Å². The average molecular weight is 777 g/mol. The van der Waals surface area contributed by atoms with Crippen LogP contribution in [0.4, 0.5) is 0 Å². The molecule has 2 fully saturated rings. The zero-order valence-electron chi connectivity index (χ0n) is 35.0. The second-order valence-corrected chi connectivity index (χ2v) is 18.9. The molecule has 294 valence electrons. The summed E-state index contributed by atoms with van der Waals surface area (Å²) >= 11 is 0. The van der Waals surface area contributed by atoms with Gasteiger partial charge in [-0.05, 0) is 117 Å². The highest BCUT2D eigenvalue weighted by atomic mass is 14.8. The predicted molar refractivity (Wildman–Crippen MR) is 249 cm³/mol. The Kier molecular flexibility index (Phi) is 8.32. The molecule has 4 aliphatic carbocycles. The van der Waals surface area contributed by atoms with Gasteiger partial charge in [0.15, 0.2) is 0 Å². The molecular formula is C58H52N2. The molecule has 0 saturated heterocycles. The van der Waals surface area contributed by atoms with Gasteiger partial charge in [-0.25, -0.2) is 0 Å². The maximum absolute atomic E-state index is 5.57. The van der Waals surface area contributed by atoms with Crippen LogP contribution in [-0.2, 0) is 10.8 Å². The standard InChI is InChI=1S/C58H52N2/c1-57(2)48-24-11-13-26-50(48)58(51-27-14-12-25-49(51)57)47-23-10-9-22-43(47)44-31-29-41(35-52(44)58)40-20-15-21-42(34-40)46-36-54(38-18-7-4-8-19-38)60-56-45(46)32-28-39-30-33-53(59-55(39)56)37-16-5-3-6-17-37/h9-15,20-38H,3-8,16-19H2,1-2H3. The van der Waals surface area contributed by atoms with Crippen LogP contribution in [0.1, 0.15) is 135 Å². The molecule has 6 aromatic carbocycles. The van der Waals surface area contributed by atoms with E-state index in [1.54, 1.807) is 0 Å². The van der Waals surface area contributed by atoms with Crippen molar-refractivity contribution in [2.75, 3.05) is 0 Å². The van der Waals surface area contributed by atoms with Crippen molar-refractivity contribution in [3.63, 3.8) is 0 Å². The van der Waals surface area contributed by atoms with Crippen LogP contribution < -0.4 is 0 Å². The van der Waals surface area contributed by atoms with Gasteiger partial charge in [-0.2, -0.15) is 0 Å². The highest BCUT2D eigenvalue weighted by molar-refractivity contribution is 6.08. The number of hydrogen-bond donors (Lipinski definition) is 0. The van der Waals surface area contributed by atoms with Gasteiger partial charge >= 0.3 is 0 Å². The first-order chi connectivity index (χ1) is 29.5. The van der Waals surface area contributed by atoms with Crippen molar-refractivity contribution in [2.24, 2.45) is 0 Å². The van der Waals surface area contributed by atoms with Gasteiger partial charge < -0.3 is 0 Å². The monoisotopic (exact) mass is 776 g/mol. The minimum atomic E-state index is -0.414. The lowest BCUT2D eigenvalue weighted by molar-refractivity contribution is 0.437. The molecule has 0 unspecified atom stereocenters. The molecular weight excluding hydrogens is 725 g/mol. The second kappa shape index (κ2) is 13.8. The summed E-state index contributed by atoms with van der Waals surface area (Å²) in [5, 5.41) is 2.39. The second-order valence-electron chi connectivity index (χ2n) is 18.9. The summed E-state index contributed by atoms with van der Waals surface area (Å²) in [6, 6.07) is 55.9. The maximum atomic E-state index is 5.57. The summed E-state index contributed by atoms with van der Waals surface area (Å²) in [5.41, 5.74) is 20.2. The third-order valence-corrected chi connectivity index (χ3v) is 15.3. The smallest absolute Gasteiger partial charge is 0.0974 e. The van der Waals surface area contributed by atoms with E-state index in [0.717, 1.165) is 11.0 Å². The van der Waals surface area contributed by atoms with Crippen molar-refractivity contribution < 1.29 is 0 Å². The van der Waals surface area contributed by atoms with Crippen molar-refractivity contribution >= 4 is 21.8 Å². The van der Waals surface area contributed by atoms with Crippen molar-refractivity contribution in [3.05, 3.63) is 190 Å². The normalized spacial score (nSPS) is 18.0. The third kappa shape index (κ3) is 5.32. The van der Waals surface area contributed by atoms with Crippen LogP contribution in [0.2, 0.25) is 0 Å². The molecule has 4 aliphatic rings. The number of pyridine rings is 2. The Bertz CT molecular complexity index is 2940. The van der Waals surface area contributed by atoms with Gasteiger partial charge in [0.25, 0.3) is 0 Å². The van der Waals surface area contributed by atoms with Gasteiger partial charge in [-0.3, -0.25) is 9.97 Å². The van der Waals surface area contributed by atoms with Gasteiger partial charge in [0.2, 0.25) is 0 Å². The molecule has 2 saturated carbocycles. The molecule has 12 rings (SSSR count). The first kappa shape index (κ1) is 36.0. The topological polar surface area (TPSA) is 25.8 Å². The maximum Gasteiger partial charge on any atom is 0.0974 e. The van der Waals surface area contributed by atoms with E-state index >= 15 is 0 Å². The molecule has 60 heavy (non-hydrogen) atoms. The lowest BCUT2D eigenvalue weighted by Crippen LogP contribution is -2.40. The lowest BCUT2D eigenvalue weighted by Gasteiger charge is -2.46. The predicted octanol–water partition coefficient (Wildman–Crippen LogP) is 15.2. The molecule has 2 heterocycles. The quantitative estimate of drug-likeness (QED) is 0.166. The first-order valence-corrected chi connectivity index (χ1v) is 22.8. The molecule has 0 radical (unpaired) electrons. The molecule has 0 N–H and O–H groups in total. The lowest BCUT2D eigenvalue weighted by atomic mass is 9.55. The molecule has 2 aromatic heterocycles. The number of benzene rings is 6. The minimum absolute atomic E-state index is 0.121. The van der Waals surface area contributed by atoms with E-state index in [1.165, 1.54) is 153 Å². The fourth-order valence-electron chi connectivity index (χ4n) is 12.3. The van der Waals surface area contributed by atoms with Crippen LogP contribution in [0, 0.1) is 0 Å². The Morgan fingerprint density at radius 2 is 0.967 bits per heavy atom. The Morgan fingerprint density at radius 1 is 0.400 bits per heavy atom. The molecule has 2 nitrogen and oxygen atoms in total. The van der Waals surface area contributed by atoms with E-state index < -0.39 is 5.41 Å². The van der Waals surface area contributed by atoms with Crippen LogP contribution in [0.15, 0.2) is 146 Å². The fraction of sp³-hybridized carbons (Fsp3) is 0.276. The van der Waals surface area contributed by atoms with Gasteiger partial charge in [-0.1, -0.05) is 174 Å². The van der Waals surface area contributed by atoms with Crippen molar-refractivity contribution in [1.82, 2.24) is 9.97 Å². The van der Waals surface area contributed by atoms with Gasteiger partial charge in [0.1, 0.15) is 0 Å². The Hall–Kier alpha value is -5.86. The summed E-state index contributed by atoms with van der Waals surface area (Å²) in [6.45, 7) is 4.80. The number of fused-ring (bicyclic) bond motifs is 12. The highest BCUT2D eigenvalue weighted by Crippen LogP contribution is 2.62. The number of hydrogen-bond acceptors (Lipinski definition) is 2. The Labute approximate surface area is 354 Å². The van der Waals surface area contributed by atoms with E-state index in [2.05, 4.69) is 159 Å². The largest absolute Gasteiger partial charge is 0.250 e. The molecule has 8 aromatic rings. The van der Waals surface area contributed by atoms with Crippen LogP contribution in [0.5, 0.6) is 0 Å². The van der Waals surface area contributed by atoms with E-state index in [0.29, 0.717) is 11.8 Å². The van der Waals surface area contributed by atoms with Crippen molar-refractivity contribution in [1.29, 1.82) is 0 Å². The van der Waals surface area contributed by atoms with E-state index in [9.17, 15) is 0 Å². The zero-order valence-corrected chi connectivity index (χ0v) is 35.0. The average Bonchev–Trinajstić information content (AvgIpc) is 3.61. The van der Waals surface area contributed by atoms with Crippen molar-refractivity contribution in [2.45, 2.75) is 101 Å².